The van der Waals surface area contributed by atoms with Crippen LogP contribution in [0.1, 0.15) is 5.56 Å². The molecule has 0 aliphatic carbocycles. The van der Waals surface area contributed by atoms with Gasteiger partial charge in [0, 0.05) is 46.3 Å². The first kappa shape index (κ1) is 21.1. The standard InChI is InChI=1S/C21H28N6O4/c1-24-18-17(19(29)23-21(24)30)27(8-7-15-3-5-16(31-2)6-4-15)20(22-18)26-11-9-25(10-12-26)13-14-28/h3-6,28H,7-14H2,1-2H3,(H,23,29,30). The molecule has 1 aromatic carbocycles. The van der Waals surface area contributed by atoms with Gasteiger partial charge in [-0.1, -0.05) is 12.1 Å². The molecule has 31 heavy (non-hydrogen) atoms. The van der Waals surface area contributed by atoms with E-state index in [9.17, 15) is 14.7 Å². The van der Waals surface area contributed by atoms with Crippen molar-refractivity contribution >= 4 is 17.1 Å². The van der Waals surface area contributed by atoms with E-state index in [-0.39, 0.29) is 6.61 Å². The molecule has 10 nitrogen and oxygen atoms in total. The summed E-state index contributed by atoms with van der Waals surface area (Å²) in [5, 5.41) is 9.19. The van der Waals surface area contributed by atoms with Crippen molar-refractivity contribution in [3.8, 4) is 5.75 Å². The number of nitrogens with zero attached hydrogens (tertiary/aromatic N) is 5. The minimum atomic E-state index is -0.475. The van der Waals surface area contributed by atoms with E-state index in [1.54, 1.807) is 14.2 Å². The first-order valence-electron chi connectivity index (χ1n) is 10.4. The van der Waals surface area contributed by atoms with Crippen LogP contribution in [-0.4, -0.2) is 75.5 Å². The third-order valence-corrected chi connectivity index (χ3v) is 5.84. The van der Waals surface area contributed by atoms with E-state index in [1.165, 1.54) is 4.57 Å². The highest BCUT2D eigenvalue weighted by Crippen LogP contribution is 2.22. The number of hydrogen-bond donors (Lipinski definition) is 2. The van der Waals surface area contributed by atoms with Crippen LogP contribution in [0.5, 0.6) is 5.75 Å². The summed E-state index contributed by atoms with van der Waals surface area (Å²) >= 11 is 0. The summed E-state index contributed by atoms with van der Waals surface area (Å²) in [4.78, 5) is 36.3. The molecule has 0 saturated carbocycles. The van der Waals surface area contributed by atoms with Gasteiger partial charge in [0.15, 0.2) is 11.2 Å². The zero-order valence-corrected chi connectivity index (χ0v) is 17.9. The third-order valence-electron chi connectivity index (χ3n) is 5.84. The van der Waals surface area contributed by atoms with Crippen molar-refractivity contribution in [2.24, 2.45) is 7.05 Å². The topological polar surface area (TPSA) is 109 Å². The Morgan fingerprint density at radius 3 is 2.45 bits per heavy atom. The maximum absolute atomic E-state index is 12.7. The van der Waals surface area contributed by atoms with E-state index in [0.717, 1.165) is 37.5 Å². The minimum absolute atomic E-state index is 0.137. The molecule has 1 aliphatic rings. The number of benzene rings is 1. The van der Waals surface area contributed by atoms with Gasteiger partial charge in [-0.3, -0.25) is 19.2 Å². The minimum Gasteiger partial charge on any atom is -0.497 e. The van der Waals surface area contributed by atoms with Crippen molar-refractivity contribution in [3.05, 3.63) is 50.7 Å². The van der Waals surface area contributed by atoms with E-state index in [4.69, 9.17) is 9.72 Å². The lowest BCUT2D eigenvalue weighted by atomic mass is 10.1. The summed E-state index contributed by atoms with van der Waals surface area (Å²) in [7, 11) is 3.25. The number of rotatable bonds is 7. The fourth-order valence-electron chi connectivity index (χ4n) is 4.02. The normalized spacial score (nSPS) is 15.0. The molecule has 1 saturated heterocycles. The molecule has 0 unspecified atom stereocenters. The van der Waals surface area contributed by atoms with Crippen LogP contribution in [0, 0.1) is 0 Å². The molecule has 1 aliphatic heterocycles. The number of β-amino-alcohol motifs (C(OH)–C–C–N with tert-alkyl or cyclic N) is 1. The predicted octanol–water partition coefficient (Wildman–Crippen LogP) is -0.211. The van der Waals surface area contributed by atoms with Crippen molar-refractivity contribution in [2.45, 2.75) is 13.0 Å². The highest BCUT2D eigenvalue weighted by atomic mass is 16.5. The zero-order valence-electron chi connectivity index (χ0n) is 17.9. The molecule has 0 radical (unpaired) electrons. The first-order chi connectivity index (χ1) is 15.0. The largest absolute Gasteiger partial charge is 0.497 e. The number of piperazine rings is 1. The number of imidazole rings is 1. The van der Waals surface area contributed by atoms with E-state index in [2.05, 4.69) is 14.8 Å². The summed E-state index contributed by atoms with van der Waals surface area (Å²) in [6.07, 6.45) is 0.704. The monoisotopic (exact) mass is 428 g/mol. The Hall–Kier alpha value is -3.11. The summed E-state index contributed by atoms with van der Waals surface area (Å²) in [5.41, 5.74) is 1.00. The molecule has 3 aromatic rings. The Morgan fingerprint density at radius 1 is 1.10 bits per heavy atom. The molecule has 0 bridgehead atoms. The number of hydrogen-bond acceptors (Lipinski definition) is 7. The van der Waals surface area contributed by atoms with Crippen molar-refractivity contribution in [3.63, 3.8) is 0 Å². The van der Waals surface area contributed by atoms with Crippen LogP contribution in [0.2, 0.25) is 0 Å². The van der Waals surface area contributed by atoms with E-state index in [0.29, 0.717) is 36.6 Å². The summed E-state index contributed by atoms with van der Waals surface area (Å²) in [5.74, 6) is 1.49. The molecule has 2 aromatic heterocycles. The van der Waals surface area contributed by atoms with Gasteiger partial charge >= 0.3 is 5.69 Å². The molecule has 10 heteroatoms. The van der Waals surface area contributed by atoms with Gasteiger partial charge in [-0.05, 0) is 24.1 Å². The van der Waals surface area contributed by atoms with Gasteiger partial charge in [-0.2, -0.15) is 4.98 Å². The molecule has 3 heterocycles. The Morgan fingerprint density at radius 2 is 1.81 bits per heavy atom. The van der Waals surface area contributed by atoms with Gasteiger partial charge in [0.25, 0.3) is 5.56 Å². The molecule has 4 rings (SSSR count). The smallest absolute Gasteiger partial charge is 0.329 e. The van der Waals surface area contributed by atoms with Crippen LogP contribution >= 0.6 is 0 Å². The highest BCUT2D eigenvalue weighted by molar-refractivity contribution is 5.74. The Balaban J connectivity index is 1.69. The van der Waals surface area contributed by atoms with Gasteiger partial charge in [-0.15, -0.1) is 0 Å². The summed E-state index contributed by atoms with van der Waals surface area (Å²) in [6.45, 7) is 4.41. The molecule has 0 atom stereocenters. The van der Waals surface area contributed by atoms with Crippen LogP contribution in [-0.2, 0) is 20.0 Å². The van der Waals surface area contributed by atoms with Gasteiger partial charge in [0.05, 0.1) is 13.7 Å². The first-order valence-corrected chi connectivity index (χ1v) is 10.4. The lowest BCUT2D eigenvalue weighted by molar-refractivity contribution is 0.188. The van der Waals surface area contributed by atoms with Crippen molar-refractivity contribution in [1.82, 2.24) is 24.0 Å². The van der Waals surface area contributed by atoms with Gasteiger partial charge in [-0.25, -0.2) is 4.79 Å². The van der Waals surface area contributed by atoms with Gasteiger partial charge in [0.2, 0.25) is 5.95 Å². The van der Waals surface area contributed by atoms with Gasteiger partial charge in [0.1, 0.15) is 5.75 Å². The number of aromatic amines is 1. The average Bonchev–Trinajstić information content (AvgIpc) is 3.17. The molecule has 0 spiro atoms. The predicted molar refractivity (Wildman–Crippen MR) is 118 cm³/mol. The second-order valence-corrected chi connectivity index (χ2v) is 7.70. The SMILES string of the molecule is COc1ccc(CCn2c(N3CCN(CCO)CC3)nc3c2c(=O)[nH]c(=O)n3C)cc1. The van der Waals surface area contributed by atoms with E-state index in [1.807, 2.05) is 28.8 Å². The van der Waals surface area contributed by atoms with Crippen molar-refractivity contribution in [1.29, 1.82) is 0 Å². The zero-order chi connectivity index (χ0) is 22.0. The van der Waals surface area contributed by atoms with Crippen LogP contribution in [0.15, 0.2) is 33.9 Å². The maximum atomic E-state index is 12.7. The number of methoxy groups -OCH3 is 1. The molecular formula is C21H28N6O4. The third kappa shape index (κ3) is 4.21. The number of fused-ring (bicyclic) bond motifs is 1. The number of ether oxygens (including phenoxy) is 1. The second kappa shape index (κ2) is 8.94. The number of aromatic nitrogens is 4. The Kier molecular flexibility index (Phi) is 6.10. The molecule has 0 amide bonds. The second-order valence-electron chi connectivity index (χ2n) is 7.70. The number of anilines is 1. The molecular weight excluding hydrogens is 400 g/mol. The number of aliphatic hydroxyl groups is 1. The molecule has 1 fully saturated rings. The van der Waals surface area contributed by atoms with Crippen LogP contribution in [0.4, 0.5) is 5.95 Å². The highest BCUT2D eigenvalue weighted by Gasteiger charge is 2.24. The molecule has 166 valence electrons. The quantitative estimate of drug-likeness (QED) is 0.536. The van der Waals surface area contributed by atoms with Crippen LogP contribution < -0.4 is 20.9 Å². The molecule has 2 N–H and O–H groups in total. The van der Waals surface area contributed by atoms with Crippen molar-refractivity contribution in [2.75, 3.05) is 51.3 Å². The lowest BCUT2D eigenvalue weighted by Gasteiger charge is -2.35. The lowest BCUT2D eigenvalue weighted by Crippen LogP contribution is -2.48. The number of aliphatic hydroxyl groups excluding tert-OH is 1. The number of nitrogens with one attached hydrogen (secondary N) is 1. The average molecular weight is 428 g/mol. The number of aryl methyl sites for hydroxylation is 3. The number of H-pyrrole nitrogens is 1. The summed E-state index contributed by atoms with van der Waals surface area (Å²) in [6, 6.07) is 7.84. The van der Waals surface area contributed by atoms with E-state index >= 15 is 0 Å². The maximum Gasteiger partial charge on any atom is 0.329 e. The van der Waals surface area contributed by atoms with Crippen LogP contribution in [0.25, 0.3) is 11.2 Å². The van der Waals surface area contributed by atoms with Crippen LogP contribution in [0.3, 0.4) is 0 Å². The van der Waals surface area contributed by atoms with E-state index < -0.39 is 11.2 Å². The Labute approximate surface area is 179 Å². The Bertz CT molecular complexity index is 1160. The van der Waals surface area contributed by atoms with Gasteiger partial charge < -0.3 is 19.3 Å². The van der Waals surface area contributed by atoms with Crippen molar-refractivity contribution < 1.29 is 9.84 Å². The fourth-order valence-corrected chi connectivity index (χ4v) is 4.02. The fraction of sp³-hybridized carbons (Fsp3) is 0.476. The summed E-state index contributed by atoms with van der Waals surface area (Å²) < 4.78 is 8.52.